The van der Waals surface area contributed by atoms with Crippen LogP contribution in [0.3, 0.4) is 0 Å². The standard InChI is InChI=1S/C18H28BrN3O2S.HI/c1-3-14(10-15-6-5-7-16(19)11-15)12-21-18(20-4-2)22-17-8-9-25(23,24)13-17;/h5-7,11,14,17H,3-4,8-10,12-13H2,1-2H3,(H2,20,21,22);1H. The number of nitrogens with one attached hydrogen (secondary N) is 2. The molecule has 2 N–H and O–H groups in total. The summed E-state index contributed by atoms with van der Waals surface area (Å²) < 4.78 is 24.3. The molecule has 0 aromatic heterocycles. The first-order valence-corrected chi connectivity index (χ1v) is 11.5. The van der Waals surface area contributed by atoms with Gasteiger partial charge in [0, 0.05) is 23.6 Å². The SMILES string of the molecule is CCNC(=NCC(CC)Cc1cccc(Br)c1)NC1CCS(=O)(=O)C1.I. The van der Waals surface area contributed by atoms with Crippen LogP contribution in [0.4, 0.5) is 0 Å². The van der Waals surface area contributed by atoms with Gasteiger partial charge in [-0.2, -0.15) is 0 Å². The number of hydrogen-bond donors (Lipinski definition) is 2. The molecule has 1 saturated heterocycles. The molecule has 5 nitrogen and oxygen atoms in total. The summed E-state index contributed by atoms with van der Waals surface area (Å²) in [5.41, 5.74) is 1.30. The lowest BCUT2D eigenvalue weighted by molar-refractivity contribution is 0.516. The van der Waals surface area contributed by atoms with E-state index in [0.717, 1.165) is 36.4 Å². The predicted molar refractivity (Wildman–Crippen MR) is 123 cm³/mol. The molecule has 0 aliphatic carbocycles. The minimum Gasteiger partial charge on any atom is -0.357 e. The predicted octanol–water partition coefficient (Wildman–Crippen LogP) is 3.38. The number of sulfone groups is 1. The highest BCUT2D eigenvalue weighted by Crippen LogP contribution is 2.17. The van der Waals surface area contributed by atoms with Crippen molar-refractivity contribution < 1.29 is 8.42 Å². The Bertz CT molecular complexity index is 697. The number of nitrogens with zero attached hydrogens (tertiary/aromatic N) is 1. The first-order valence-electron chi connectivity index (χ1n) is 8.91. The van der Waals surface area contributed by atoms with Gasteiger partial charge in [0.15, 0.2) is 15.8 Å². The molecule has 0 bridgehead atoms. The van der Waals surface area contributed by atoms with Crippen LogP contribution in [0.15, 0.2) is 33.7 Å². The second-order valence-corrected chi connectivity index (χ2v) is 9.72. The van der Waals surface area contributed by atoms with Crippen molar-refractivity contribution in [3.05, 3.63) is 34.3 Å². The molecule has 1 aromatic carbocycles. The summed E-state index contributed by atoms with van der Waals surface area (Å²) in [5.74, 6) is 1.64. The molecule has 1 fully saturated rings. The highest BCUT2D eigenvalue weighted by Gasteiger charge is 2.28. The van der Waals surface area contributed by atoms with E-state index in [1.54, 1.807) is 0 Å². The minimum absolute atomic E-state index is 0. The molecule has 2 atom stereocenters. The molecule has 2 rings (SSSR count). The minimum atomic E-state index is -2.89. The lowest BCUT2D eigenvalue weighted by atomic mass is 9.97. The van der Waals surface area contributed by atoms with E-state index in [1.807, 2.05) is 13.0 Å². The van der Waals surface area contributed by atoms with Crippen molar-refractivity contribution in [2.75, 3.05) is 24.6 Å². The van der Waals surface area contributed by atoms with Gasteiger partial charge >= 0.3 is 0 Å². The van der Waals surface area contributed by atoms with E-state index in [0.29, 0.717) is 12.3 Å². The van der Waals surface area contributed by atoms with Crippen LogP contribution in [0.5, 0.6) is 0 Å². The Morgan fingerprint density at radius 1 is 1.38 bits per heavy atom. The molecular formula is C18H29BrIN3O2S. The Morgan fingerprint density at radius 2 is 2.15 bits per heavy atom. The Hall–Kier alpha value is -0.350. The van der Waals surface area contributed by atoms with Gasteiger partial charge in [-0.15, -0.1) is 24.0 Å². The highest BCUT2D eigenvalue weighted by atomic mass is 127. The summed E-state index contributed by atoms with van der Waals surface area (Å²) in [7, 11) is -2.89. The van der Waals surface area contributed by atoms with Gasteiger partial charge in [0.25, 0.3) is 0 Å². The number of aliphatic imine (C=N–C) groups is 1. The van der Waals surface area contributed by atoms with Crippen molar-refractivity contribution in [3.8, 4) is 0 Å². The number of benzene rings is 1. The molecule has 0 spiro atoms. The third-order valence-corrected chi connectivity index (χ3v) is 6.68. The Kier molecular flexibility index (Phi) is 10.5. The summed E-state index contributed by atoms with van der Waals surface area (Å²) in [4.78, 5) is 4.70. The monoisotopic (exact) mass is 557 g/mol. The van der Waals surface area contributed by atoms with Crippen LogP contribution in [-0.2, 0) is 16.3 Å². The Labute approximate surface area is 182 Å². The van der Waals surface area contributed by atoms with E-state index < -0.39 is 9.84 Å². The van der Waals surface area contributed by atoms with E-state index in [1.165, 1.54) is 5.56 Å². The van der Waals surface area contributed by atoms with Crippen molar-refractivity contribution in [3.63, 3.8) is 0 Å². The maximum Gasteiger partial charge on any atom is 0.191 e. The Balaban J connectivity index is 0.00000338. The number of halogens is 2. The fraction of sp³-hybridized carbons (Fsp3) is 0.611. The molecule has 1 heterocycles. The van der Waals surface area contributed by atoms with Gasteiger partial charge in [-0.1, -0.05) is 41.4 Å². The molecule has 26 heavy (non-hydrogen) atoms. The zero-order valence-corrected chi connectivity index (χ0v) is 20.1. The summed E-state index contributed by atoms with van der Waals surface area (Å²) in [6, 6.07) is 8.35. The Morgan fingerprint density at radius 3 is 2.73 bits per heavy atom. The smallest absolute Gasteiger partial charge is 0.191 e. The van der Waals surface area contributed by atoms with E-state index in [2.05, 4.69) is 51.7 Å². The molecule has 1 aromatic rings. The molecule has 148 valence electrons. The lowest BCUT2D eigenvalue weighted by Gasteiger charge is -2.18. The van der Waals surface area contributed by atoms with Gasteiger partial charge in [0.1, 0.15) is 0 Å². The molecule has 2 unspecified atom stereocenters. The average molecular weight is 558 g/mol. The van der Waals surface area contributed by atoms with Crippen LogP contribution < -0.4 is 10.6 Å². The fourth-order valence-corrected chi connectivity index (χ4v) is 5.10. The molecule has 1 aliphatic heterocycles. The first kappa shape index (κ1) is 23.7. The van der Waals surface area contributed by atoms with Crippen molar-refractivity contribution in [1.82, 2.24) is 10.6 Å². The fourth-order valence-electron chi connectivity index (χ4n) is 2.98. The van der Waals surface area contributed by atoms with E-state index >= 15 is 0 Å². The maximum atomic E-state index is 11.6. The van der Waals surface area contributed by atoms with Crippen molar-refractivity contribution >= 4 is 55.7 Å². The van der Waals surface area contributed by atoms with Crippen LogP contribution in [0, 0.1) is 5.92 Å². The molecule has 0 saturated carbocycles. The van der Waals surface area contributed by atoms with Gasteiger partial charge in [-0.3, -0.25) is 4.99 Å². The molecule has 8 heteroatoms. The van der Waals surface area contributed by atoms with Crippen LogP contribution in [0.2, 0.25) is 0 Å². The molecule has 0 amide bonds. The zero-order valence-electron chi connectivity index (χ0n) is 15.4. The topological polar surface area (TPSA) is 70.6 Å². The lowest BCUT2D eigenvalue weighted by Crippen LogP contribution is -2.44. The second-order valence-electron chi connectivity index (χ2n) is 6.57. The van der Waals surface area contributed by atoms with E-state index in [4.69, 9.17) is 4.99 Å². The van der Waals surface area contributed by atoms with Crippen LogP contribution in [-0.4, -0.2) is 45.0 Å². The quantitative estimate of drug-likeness (QED) is 0.306. The third kappa shape index (κ3) is 8.12. The highest BCUT2D eigenvalue weighted by molar-refractivity contribution is 14.0. The van der Waals surface area contributed by atoms with Gasteiger partial charge in [0.05, 0.1) is 11.5 Å². The van der Waals surface area contributed by atoms with Gasteiger partial charge in [-0.05, 0) is 43.4 Å². The number of rotatable bonds is 7. The first-order chi connectivity index (χ1) is 11.9. The zero-order chi connectivity index (χ0) is 18.3. The largest absolute Gasteiger partial charge is 0.357 e. The molecular weight excluding hydrogens is 529 g/mol. The second kappa shape index (κ2) is 11.5. The van der Waals surface area contributed by atoms with Crippen LogP contribution in [0.1, 0.15) is 32.3 Å². The van der Waals surface area contributed by atoms with Crippen LogP contribution in [0.25, 0.3) is 0 Å². The summed E-state index contributed by atoms with van der Waals surface area (Å²) in [6.45, 7) is 5.68. The molecule has 1 aliphatic rings. The normalized spacial score (nSPS) is 20.3. The van der Waals surface area contributed by atoms with Crippen molar-refractivity contribution in [2.45, 2.75) is 39.2 Å². The summed E-state index contributed by atoms with van der Waals surface area (Å²) in [5, 5.41) is 6.50. The summed E-state index contributed by atoms with van der Waals surface area (Å²) in [6.07, 6.45) is 2.69. The van der Waals surface area contributed by atoms with E-state index in [-0.39, 0.29) is 41.5 Å². The van der Waals surface area contributed by atoms with Crippen LogP contribution >= 0.6 is 39.9 Å². The number of guanidine groups is 1. The van der Waals surface area contributed by atoms with Crippen molar-refractivity contribution in [1.29, 1.82) is 0 Å². The van der Waals surface area contributed by atoms with E-state index in [9.17, 15) is 8.42 Å². The molecule has 0 radical (unpaired) electrons. The van der Waals surface area contributed by atoms with Gasteiger partial charge < -0.3 is 10.6 Å². The number of hydrogen-bond acceptors (Lipinski definition) is 3. The van der Waals surface area contributed by atoms with Gasteiger partial charge in [-0.25, -0.2) is 8.42 Å². The third-order valence-electron chi connectivity index (χ3n) is 4.42. The van der Waals surface area contributed by atoms with Crippen molar-refractivity contribution in [2.24, 2.45) is 10.9 Å². The summed E-state index contributed by atoms with van der Waals surface area (Å²) >= 11 is 3.52. The van der Waals surface area contributed by atoms with Gasteiger partial charge in [0.2, 0.25) is 0 Å². The maximum absolute atomic E-state index is 11.6. The average Bonchev–Trinajstić information content (AvgIpc) is 2.90.